The molecule has 0 unspecified atom stereocenters. The van der Waals surface area contributed by atoms with Crippen molar-refractivity contribution in [3.63, 3.8) is 0 Å². The van der Waals surface area contributed by atoms with Gasteiger partial charge in [0.15, 0.2) is 0 Å². The van der Waals surface area contributed by atoms with Crippen molar-refractivity contribution in [3.8, 4) is 11.1 Å². The van der Waals surface area contributed by atoms with Crippen LogP contribution in [0.3, 0.4) is 0 Å². The summed E-state index contributed by atoms with van der Waals surface area (Å²) in [7, 11) is 0. The standard InChI is InChI=1S/C17H16/c1-3-12-8-7-11-16-15-10-6-5-9-14(15)13(4-2)17(12)16/h4-11H,3H2,1-2H3/b13-4-. The van der Waals surface area contributed by atoms with Gasteiger partial charge < -0.3 is 0 Å². The Morgan fingerprint density at radius 2 is 1.59 bits per heavy atom. The van der Waals surface area contributed by atoms with Crippen molar-refractivity contribution in [2.75, 3.05) is 0 Å². The van der Waals surface area contributed by atoms with Crippen LogP contribution in [0.15, 0.2) is 48.5 Å². The third kappa shape index (κ3) is 1.37. The van der Waals surface area contributed by atoms with Crippen LogP contribution in [0, 0.1) is 0 Å². The zero-order valence-electron chi connectivity index (χ0n) is 10.3. The zero-order chi connectivity index (χ0) is 11.8. The lowest BCUT2D eigenvalue weighted by Gasteiger charge is -2.07. The molecule has 0 nitrogen and oxygen atoms in total. The predicted molar refractivity (Wildman–Crippen MR) is 74.0 cm³/mol. The van der Waals surface area contributed by atoms with Gasteiger partial charge in [-0.25, -0.2) is 0 Å². The lowest BCUT2D eigenvalue weighted by molar-refractivity contribution is 1.13. The van der Waals surface area contributed by atoms with Crippen LogP contribution in [0.4, 0.5) is 0 Å². The SMILES string of the molecule is C/C=C1/c2ccccc2-c2cccc(CC)c21. The lowest BCUT2D eigenvalue weighted by atomic mass is 9.97. The largest absolute Gasteiger partial charge is 0.0791 e. The molecule has 84 valence electrons. The molecule has 0 saturated carbocycles. The van der Waals surface area contributed by atoms with Crippen molar-refractivity contribution >= 4 is 5.57 Å². The van der Waals surface area contributed by atoms with Crippen LogP contribution in [-0.2, 0) is 6.42 Å². The van der Waals surface area contributed by atoms with E-state index < -0.39 is 0 Å². The van der Waals surface area contributed by atoms with E-state index >= 15 is 0 Å². The fraction of sp³-hybridized carbons (Fsp3) is 0.176. The number of benzene rings is 2. The van der Waals surface area contributed by atoms with Crippen LogP contribution in [0.5, 0.6) is 0 Å². The molecule has 0 bridgehead atoms. The Balaban J connectivity index is 2.39. The minimum Gasteiger partial charge on any atom is -0.0791 e. The van der Waals surface area contributed by atoms with E-state index in [0.29, 0.717) is 0 Å². The van der Waals surface area contributed by atoms with E-state index in [4.69, 9.17) is 0 Å². The van der Waals surface area contributed by atoms with Gasteiger partial charge in [0.1, 0.15) is 0 Å². The molecule has 3 rings (SSSR count). The van der Waals surface area contributed by atoms with Crippen molar-refractivity contribution in [2.45, 2.75) is 20.3 Å². The highest BCUT2D eigenvalue weighted by atomic mass is 14.3. The summed E-state index contributed by atoms with van der Waals surface area (Å²) in [5.41, 5.74) is 8.45. The van der Waals surface area contributed by atoms with E-state index in [1.165, 1.54) is 33.4 Å². The van der Waals surface area contributed by atoms with Crippen LogP contribution in [0.1, 0.15) is 30.5 Å². The summed E-state index contributed by atoms with van der Waals surface area (Å²) >= 11 is 0. The Morgan fingerprint density at radius 1 is 0.882 bits per heavy atom. The summed E-state index contributed by atoms with van der Waals surface area (Å²) in [6, 6.07) is 15.4. The highest BCUT2D eigenvalue weighted by Gasteiger charge is 2.23. The Morgan fingerprint density at radius 3 is 2.29 bits per heavy atom. The summed E-state index contributed by atoms with van der Waals surface area (Å²) in [6.45, 7) is 4.36. The van der Waals surface area contributed by atoms with Gasteiger partial charge in [-0.2, -0.15) is 0 Å². The first-order valence-corrected chi connectivity index (χ1v) is 6.25. The van der Waals surface area contributed by atoms with Crippen molar-refractivity contribution in [1.82, 2.24) is 0 Å². The van der Waals surface area contributed by atoms with Gasteiger partial charge in [0.25, 0.3) is 0 Å². The van der Waals surface area contributed by atoms with E-state index in [1.807, 2.05) is 0 Å². The van der Waals surface area contributed by atoms with Crippen LogP contribution < -0.4 is 0 Å². The van der Waals surface area contributed by atoms with Crippen LogP contribution in [0.25, 0.3) is 16.7 Å². The van der Waals surface area contributed by atoms with Gasteiger partial charge in [-0.3, -0.25) is 0 Å². The fourth-order valence-corrected chi connectivity index (χ4v) is 2.82. The molecule has 0 N–H and O–H groups in total. The van der Waals surface area contributed by atoms with Gasteiger partial charge in [0.05, 0.1) is 0 Å². The molecule has 17 heavy (non-hydrogen) atoms. The molecule has 0 aliphatic heterocycles. The zero-order valence-corrected chi connectivity index (χ0v) is 10.3. The van der Waals surface area contributed by atoms with Crippen LogP contribution >= 0.6 is 0 Å². The van der Waals surface area contributed by atoms with E-state index in [9.17, 15) is 0 Å². The highest BCUT2D eigenvalue weighted by molar-refractivity contribution is 6.02. The van der Waals surface area contributed by atoms with Gasteiger partial charge in [-0.1, -0.05) is 55.5 Å². The molecule has 0 radical (unpaired) electrons. The summed E-state index contributed by atoms with van der Waals surface area (Å²) < 4.78 is 0. The van der Waals surface area contributed by atoms with E-state index in [2.05, 4.69) is 62.4 Å². The molecule has 0 heteroatoms. The quantitative estimate of drug-likeness (QED) is 0.558. The van der Waals surface area contributed by atoms with E-state index in [0.717, 1.165) is 6.42 Å². The average molecular weight is 220 g/mol. The smallest absolute Gasteiger partial charge is 0.00703 e. The van der Waals surface area contributed by atoms with E-state index in [1.54, 1.807) is 0 Å². The Kier molecular flexibility index (Phi) is 2.36. The molecule has 0 spiro atoms. The number of allylic oxidation sites excluding steroid dienone is 1. The molecule has 2 aromatic carbocycles. The maximum atomic E-state index is 2.24. The fourth-order valence-electron chi connectivity index (χ4n) is 2.82. The van der Waals surface area contributed by atoms with Crippen LogP contribution in [-0.4, -0.2) is 0 Å². The third-order valence-corrected chi connectivity index (χ3v) is 3.60. The van der Waals surface area contributed by atoms with Crippen molar-refractivity contribution < 1.29 is 0 Å². The maximum Gasteiger partial charge on any atom is -0.00703 e. The normalized spacial score (nSPS) is 14.8. The molecule has 2 aromatic rings. The summed E-state index contributed by atoms with van der Waals surface area (Å²) in [4.78, 5) is 0. The second kappa shape index (κ2) is 3.89. The number of aryl methyl sites for hydroxylation is 1. The maximum absolute atomic E-state index is 2.24. The molecule has 0 atom stereocenters. The molecule has 1 aliphatic carbocycles. The van der Waals surface area contributed by atoms with Crippen molar-refractivity contribution in [3.05, 3.63) is 65.2 Å². The lowest BCUT2D eigenvalue weighted by Crippen LogP contribution is -1.89. The molecule has 0 saturated heterocycles. The highest BCUT2D eigenvalue weighted by Crippen LogP contribution is 2.45. The summed E-state index contributed by atoms with van der Waals surface area (Å²) in [5.74, 6) is 0. The molecule has 0 heterocycles. The first-order chi connectivity index (χ1) is 8.36. The molecular formula is C17H16. The Bertz CT molecular complexity index is 603. The molecule has 0 fully saturated rings. The average Bonchev–Trinajstić information content (AvgIpc) is 2.72. The minimum absolute atomic E-state index is 1.09. The van der Waals surface area contributed by atoms with Gasteiger partial charge in [0.2, 0.25) is 0 Å². The van der Waals surface area contributed by atoms with Crippen molar-refractivity contribution in [1.29, 1.82) is 0 Å². The van der Waals surface area contributed by atoms with Gasteiger partial charge in [0, 0.05) is 0 Å². The van der Waals surface area contributed by atoms with Gasteiger partial charge in [-0.15, -0.1) is 0 Å². The molecule has 0 aromatic heterocycles. The molecular weight excluding hydrogens is 204 g/mol. The first kappa shape index (κ1) is 10.3. The van der Waals surface area contributed by atoms with Gasteiger partial charge >= 0.3 is 0 Å². The number of fused-ring (bicyclic) bond motifs is 3. The summed E-state index contributed by atoms with van der Waals surface area (Å²) in [5, 5.41) is 0. The monoisotopic (exact) mass is 220 g/mol. The van der Waals surface area contributed by atoms with Crippen LogP contribution in [0.2, 0.25) is 0 Å². The van der Waals surface area contributed by atoms with Crippen molar-refractivity contribution in [2.24, 2.45) is 0 Å². The second-order valence-electron chi connectivity index (χ2n) is 4.44. The molecule has 0 amide bonds. The van der Waals surface area contributed by atoms with E-state index in [-0.39, 0.29) is 0 Å². The number of hydrogen-bond donors (Lipinski definition) is 0. The topological polar surface area (TPSA) is 0 Å². The Labute approximate surface area is 103 Å². The third-order valence-electron chi connectivity index (χ3n) is 3.60. The number of hydrogen-bond acceptors (Lipinski definition) is 0. The predicted octanol–water partition coefficient (Wildman–Crippen LogP) is 4.68. The first-order valence-electron chi connectivity index (χ1n) is 6.25. The number of rotatable bonds is 1. The Hall–Kier alpha value is -1.82. The molecule has 1 aliphatic rings. The second-order valence-corrected chi connectivity index (χ2v) is 4.44. The van der Waals surface area contributed by atoms with Gasteiger partial charge in [-0.05, 0) is 46.7 Å². The minimum atomic E-state index is 1.09. The summed E-state index contributed by atoms with van der Waals surface area (Å²) in [6.07, 6.45) is 3.33.